The molecule has 144 valence electrons. The first kappa shape index (κ1) is 18.4. The molecular formula is C24H31NO2. The molecule has 3 heteroatoms. The Kier molecular flexibility index (Phi) is 5.98. The molecule has 2 aromatic rings. The number of rotatable bonds is 6. The quantitative estimate of drug-likeness (QED) is 0.739. The molecule has 1 heterocycles. The molecule has 2 aliphatic rings. The van der Waals surface area contributed by atoms with Crippen molar-refractivity contribution in [3.8, 4) is 11.5 Å². The Bertz CT molecular complexity index is 722. The van der Waals surface area contributed by atoms with Crippen LogP contribution in [0, 0.1) is 0 Å². The maximum absolute atomic E-state index is 6.30. The predicted molar refractivity (Wildman–Crippen MR) is 110 cm³/mol. The highest BCUT2D eigenvalue weighted by Crippen LogP contribution is 2.37. The lowest BCUT2D eigenvalue weighted by molar-refractivity contribution is 0.138. The zero-order valence-electron chi connectivity index (χ0n) is 16.3. The fourth-order valence-electron chi connectivity index (χ4n) is 4.27. The first-order chi connectivity index (χ1) is 13.3. The molecule has 2 aromatic carbocycles. The minimum Gasteiger partial charge on any atom is -0.490 e. The summed E-state index contributed by atoms with van der Waals surface area (Å²) in [5.74, 6) is 2.01. The minimum absolute atomic E-state index is 0.163. The van der Waals surface area contributed by atoms with Crippen LogP contribution in [0.25, 0.3) is 0 Å². The van der Waals surface area contributed by atoms with Gasteiger partial charge < -0.3 is 14.8 Å². The van der Waals surface area contributed by atoms with Gasteiger partial charge in [-0.2, -0.15) is 0 Å². The van der Waals surface area contributed by atoms with Crippen LogP contribution in [0.3, 0.4) is 0 Å². The van der Waals surface area contributed by atoms with Gasteiger partial charge in [0.05, 0.1) is 6.10 Å². The minimum atomic E-state index is 0.163. The molecule has 0 amide bonds. The number of aryl methyl sites for hydroxylation is 1. The zero-order chi connectivity index (χ0) is 18.5. The van der Waals surface area contributed by atoms with Gasteiger partial charge in [0.2, 0.25) is 0 Å². The van der Waals surface area contributed by atoms with Crippen molar-refractivity contribution in [2.75, 3.05) is 6.54 Å². The third-order valence-corrected chi connectivity index (χ3v) is 5.81. The molecule has 1 fully saturated rings. The molecule has 0 bridgehead atoms. The lowest BCUT2D eigenvalue weighted by Crippen LogP contribution is -2.36. The van der Waals surface area contributed by atoms with Crippen molar-refractivity contribution >= 4 is 0 Å². The summed E-state index contributed by atoms with van der Waals surface area (Å²) in [4.78, 5) is 0. The van der Waals surface area contributed by atoms with Gasteiger partial charge in [0.15, 0.2) is 0 Å². The van der Waals surface area contributed by atoms with Crippen LogP contribution >= 0.6 is 0 Å². The smallest absolute Gasteiger partial charge is 0.124 e. The number of hydrogen-bond acceptors (Lipinski definition) is 3. The molecule has 3 nitrogen and oxygen atoms in total. The molecule has 1 aliphatic carbocycles. The molecule has 0 aromatic heterocycles. The summed E-state index contributed by atoms with van der Waals surface area (Å²) in [5.41, 5.74) is 2.54. The molecule has 27 heavy (non-hydrogen) atoms. The van der Waals surface area contributed by atoms with Gasteiger partial charge in [-0.25, -0.2) is 0 Å². The van der Waals surface area contributed by atoms with E-state index in [9.17, 15) is 0 Å². The van der Waals surface area contributed by atoms with E-state index in [4.69, 9.17) is 9.47 Å². The summed E-state index contributed by atoms with van der Waals surface area (Å²) in [5, 5.41) is 3.64. The molecule has 0 saturated heterocycles. The van der Waals surface area contributed by atoms with Crippen LogP contribution < -0.4 is 14.8 Å². The monoisotopic (exact) mass is 365 g/mol. The molecule has 4 rings (SSSR count). The molecule has 1 N–H and O–H groups in total. The lowest BCUT2D eigenvalue weighted by Gasteiger charge is -2.30. The summed E-state index contributed by atoms with van der Waals surface area (Å²) >= 11 is 0. The highest BCUT2D eigenvalue weighted by atomic mass is 16.5. The standard InChI is InChI=1S/C24H31NO2/c1-2-16-25-20-9-11-21(12-10-20)26-22-13-15-24-19(17-22)8-14-23(27-24)18-6-4-3-5-7-18/h3-7,13,15,17,20-21,23,25H,2,8-12,14,16H2,1H3/t20?,21?,23-/m0/s1. The van der Waals surface area contributed by atoms with Gasteiger partial charge >= 0.3 is 0 Å². The van der Waals surface area contributed by atoms with E-state index in [0.29, 0.717) is 12.1 Å². The van der Waals surface area contributed by atoms with Crippen LogP contribution in [0.5, 0.6) is 11.5 Å². The van der Waals surface area contributed by atoms with E-state index in [2.05, 4.69) is 60.8 Å². The second-order valence-corrected chi connectivity index (χ2v) is 7.87. The van der Waals surface area contributed by atoms with Gasteiger partial charge in [0.25, 0.3) is 0 Å². The second-order valence-electron chi connectivity index (χ2n) is 7.87. The molecule has 0 radical (unpaired) electrons. The summed E-state index contributed by atoms with van der Waals surface area (Å²) < 4.78 is 12.6. The summed E-state index contributed by atoms with van der Waals surface area (Å²) in [6.07, 6.45) is 8.51. The molecule has 1 saturated carbocycles. The van der Waals surface area contributed by atoms with Crippen molar-refractivity contribution in [3.05, 3.63) is 59.7 Å². The fourth-order valence-corrected chi connectivity index (χ4v) is 4.27. The van der Waals surface area contributed by atoms with Gasteiger partial charge in [-0.1, -0.05) is 37.3 Å². The molecule has 1 aliphatic heterocycles. The highest BCUT2D eigenvalue weighted by molar-refractivity contribution is 5.42. The second kappa shape index (κ2) is 8.79. The SMILES string of the molecule is CCCNC1CCC(Oc2ccc3c(c2)CC[C@@H](c2ccccc2)O3)CC1. The van der Waals surface area contributed by atoms with E-state index >= 15 is 0 Å². The topological polar surface area (TPSA) is 30.5 Å². The van der Waals surface area contributed by atoms with E-state index in [0.717, 1.165) is 43.7 Å². The van der Waals surface area contributed by atoms with Crippen LogP contribution in [0.1, 0.15) is 62.7 Å². The Morgan fingerprint density at radius 2 is 1.81 bits per heavy atom. The summed E-state index contributed by atoms with van der Waals surface area (Å²) in [6, 6.07) is 17.6. The number of benzene rings is 2. The van der Waals surface area contributed by atoms with E-state index < -0.39 is 0 Å². The van der Waals surface area contributed by atoms with Crippen molar-refractivity contribution in [3.63, 3.8) is 0 Å². The third kappa shape index (κ3) is 4.65. The van der Waals surface area contributed by atoms with E-state index in [1.54, 1.807) is 0 Å². The van der Waals surface area contributed by atoms with Gasteiger partial charge in [-0.05, 0) is 80.8 Å². The number of fused-ring (bicyclic) bond motifs is 1. The normalized spacial score (nSPS) is 24.7. The summed E-state index contributed by atoms with van der Waals surface area (Å²) in [6.45, 7) is 3.36. The van der Waals surface area contributed by atoms with Crippen LogP contribution in [0.2, 0.25) is 0 Å². The zero-order valence-corrected chi connectivity index (χ0v) is 16.3. The van der Waals surface area contributed by atoms with Crippen LogP contribution in [-0.4, -0.2) is 18.7 Å². The maximum atomic E-state index is 6.30. The van der Waals surface area contributed by atoms with Gasteiger partial charge in [-0.3, -0.25) is 0 Å². The first-order valence-corrected chi connectivity index (χ1v) is 10.6. The van der Waals surface area contributed by atoms with Crippen LogP contribution in [-0.2, 0) is 6.42 Å². The van der Waals surface area contributed by atoms with E-state index in [-0.39, 0.29) is 6.10 Å². The van der Waals surface area contributed by atoms with Gasteiger partial charge in [-0.15, -0.1) is 0 Å². The van der Waals surface area contributed by atoms with Gasteiger partial charge in [0.1, 0.15) is 17.6 Å². The Hall–Kier alpha value is -2.00. The Morgan fingerprint density at radius 3 is 2.59 bits per heavy atom. The Morgan fingerprint density at radius 1 is 1.00 bits per heavy atom. The number of nitrogens with one attached hydrogen (secondary N) is 1. The van der Waals surface area contributed by atoms with Crippen molar-refractivity contribution in [2.45, 2.75) is 70.1 Å². The van der Waals surface area contributed by atoms with Crippen molar-refractivity contribution < 1.29 is 9.47 Å². The fraction of sp³-hybridized carbons (Fsp3) is 0.500. The predicted octanol–water partition coefficient (Wildman–Crippen LogP) is 5.44. The maximum Gasteiger partial charge on any atom is 0.124 e. The van der Waals surface area contributed by atoms with Crippen molar-refractivity contribution in [2.24, 2.45) is 0 Å². The van der Waals surface area contributed by atoms with Crippen LogP contribution in [0.15, 0.2) is 48.5 Å². The average molecular weight is 366 g/mol. The highest BCUT2D eigenvalue weighted by Gasteiger charge is 2.24. The molecular weight excluding hydrogens is 334 g/mol. The van der Waals surface area contributed by atoms with Gasteiger partial charge in [0, 0.05) is 6.04 Å². The Balaban J connectivity index is 1.33. The molecule has 0 unspecified atom stereocenters. The molecule has 0 spiro atoms. The lowest BCUT2D eigenvalue weighted by atomic mass is 9.92. The average Bonchev–Trinajstić information content (AvgIpc) is 2.73. The Labute approximate surface area is 163 Å². The first-order valence-electron chi connectivity index (χ1n) is 10.6. The van der Waals surface area contributed by atoms with Crippen molar-refractivity contribution in [1.29, 1.82) is 0 Å². The number of ether oxygens (including phenoxy) is 2. The largest absolute Gasteiger partial charge is 0.490 e. The molecule has 1 atom stereocenters. The number of hydrogen-bond donors (Lipinski definition) is 1. The van der Waals surface area contributed by atoms with Crippen molar-refractivity contribution in [1.82, 2.24) is 5.32 Å². The van der Waals surface area contributed by atoms with E-state index in [1.807, 2.05) is 0 Å². The van der Waals surface area contributed by atoms with E-state index in [1.165, 1.54) is 30.4 Å². The summed E-state index contributed by atoms with van der Waals surface area (Å²) in [7, 11) is 0. The third-order valence-electron chi connectivity index (χ3n) is 5.81. The van der Waals surface area contributed by atoms with Crippen LogP contribution in [0.4, 0.5) is 0 Å².